The van der Waals surface area contributed by atoms with E-state index in [-0.39, 0.29) is 0 Å². The van der Waals surface area contributed by atoms with Gasteiger partial charge in [-0.15, -0.1) is 4.67 Å². The van der Waals surface area contributed by atoms with Crippen molar-refractivity contribution in [2.24, 2.45) is 0 Å². The minimum atomic E-state index is -3.70. The maximum atomic E-state index is 10.0. The Balaban J connectivity index is 2.57. The third kappa shape index (κ3) is 1.34. The molecule has 0 aliphatic carbocycles. The first kappa shape index (κ1) is 5.42. The molecule has 7 heavy (non-hydrogen) atoms. The molecular weight excluding hydrogens is 139 g/mol. The molecule has 7 heteroatoms. The Labute approximate surface area is 41.8 Å². The van der Waals surface area contributed by atoms with Crippen LogP contribution in [0.3, 0.4) is 0 Å². The van der Waals surface area contributed by atoms with Crippen molar-refractivity contribution < 1.29 is 22.9 Å². The number of hydrogen-bond donors (Lipinski definition) is 1. The maximum absolute atomic E-state index is 10.0. The lowest BCUT2D eigenvalue weighted by Crippen LogP contribution is -1.82. The van der Waals surface area contributed by atoms with Gasteiger partial charge in [-0.1, -0.05) is 0 Å². The second kappa shape index (κ2) is 1.66. The van der Waals surface area contributed by atoms with Crippen LogP contribution < -0.4 is 0 Å². The highest BCUT2D eigenvalue weighted by atomic mass is 31.2. The van der Waals surface area contributed by atoms with E-state index in [4.69, 9.17) is 4.89 Å². The van der Waals surface area contributed by atoms with Gasteiger partial charge in [-0.3, -0.25) is 0 Å². The summed E-state index contributed by atoms with van der Waals surface area (Å²) in [6.45, 7) is 0. The highest BCUT2D eigenvalue weighted by Crippen LogP contribution is 2.46. The third-order valence-corrected chi connectivity index (χ3v) is 2.84. The van der Waals surface area contributed by atoms with E-state index in [1.54, 1.807) is 0 Å². The summed E-state index contributed by atoms with van der Waals surface area (Å²) in [4.78, 5) is 8.22. The van der Waals surface area contributed by atoms with Gasteiger partial charge >= 0.3 is 17.8 Å². The van der Waals surface area contributed by atoms with Gasteiger partial charge < -0.3 is 9.11 Å². The van der Waals surface area contributed by atoms with Crippen molar-refractivity contribution >= 4 is 17.8 Å². The molecule has 1 atom stereocenters. The Morgan fingerprint density at radius 2 is 2.43 bits per heavy atom. The Kier molecular flexibility index (Phi) is 1.29. The highest BCUT2D eigenvalue weighted by Gasteiger charge is 2.28. The summed E-state index contributed by atoms with van der Waals surface area (Å²) in [7, 11) is -5.00. The molecule has 1 unspecified atom stereocenters. The second-order valence-electron chi connectivity index (χ2n) is 0.908. The summed E-state index contributed by atoms with van der Waals surface area (Å²) in [5.41, 5.74) is 0. The van der Waals surface area contributed by atoms with Crippen molar-refractivity contribution in [1.29, 1.82) is 0 Å². The zero-order valence-electron chi connectivity index (χ0n) is 3.23. The van der Waals surface area contributed by atoms with Crippen LogP contribution >= 0.6 is 7.82 Å². The average Bonchev–Trinajstić information content (AvgIpc) is 1.84. The summed E-state index contributed by atoms with van der Waals surface area (Å²) >= 11 is 0. The van der Waals surface area contributed by atoms with Gasteiger partial charge in [-0.2, -0.15) is 0 Å². The summed E-state index contributed by atoms with van der Waals surface area (Å²) in [6.07, 6.45) is 0. The lowest BCUT2D eigenvalue weighted by atomic mass is 14.9. The molecule has 0 radical (unpaired) electrons. The molecule has 0 aromatic carbocycles. The SMILES string of the molecule is O=P1(O)OO[SiH2]O1. The Morgan fingerprint density at radius 1 is 1.71 bits per heavy atom. The third-order valence-electron chi connectivity index (χ3n) is 0.411. The maximum Gasteiger partial charge on any atom is 0.490 e. The molecule has 0 aromatic rings. The first-order valence-electron chi connectivity index (χ1n) is 1.49. The van der Waals surface area contributed by atoms with Gasteiger partial charge in [0.25, 0.3) is 0 Å². The molecule has 1 rings (SSSR count). The van der Waals surface area contributed by atoms with E-state index in [1.165, 1.54) is 0 Å². The van der Waals surface area contributed by atoms with E-state index in [2.05, 4.69) is 13.5 Å². The van der Waals surface area contributed by atoms with Crippen LogP contribution in [0.15, 0.2) is 0 Å². The summed E-state index contributed by atoms with van der Waals surface area (Å²) in [5.74, 6) is 0. The molecule has 0 saturated carbocycles. The van der Waals surface area contributed by atoms with Crippen molar-refractivity contribution in [3.8, 4) is 0 Å². The zero-order chi connectivity index (χ0) is 5.33. The first-order valence-corrected chi connectivity index (χ1v) is 4.14. The van der Waals surface area contributed by atoms with Crippen LogP contribution in [0.4, 0.5) is 0 Å². The van der Waals surface area contributed by atoms with Crippen molar-refractivity contribution in [2.45, 2.75) is 0 Å². The molecule has 1 aliphatic heterocycles. The van der Waals surface area contributed by atoms with Gasteiger partial charge in [-0.25, -0.2) is 9.14 Å². The molecule has 0 aromatic heterocycles. The molecule has 0 bridgehead atoms. The average molecular weight is 142 g/mol. The van der Waals surface area contributed by atoms with E-state index in [0.29, 0.717) is 0 Å². The Hall–Kier alpha value is 0.287. The van der Waals surface area contributed by atoms with E-state index in [9.17, 15) is 4.57 Å². The Bertz CT molecular complexity index is 98.6. The van der Waals surface area contributed by atoms with Gasteiger partial charge in [0.15, 0.2) is 0 Å². The van der Waals surface area contributed by atoms with Crippen LogP contribution in [0.1, 0.15) is 0 Å². The fourth-order valence-electron chi connectivity index (χ4n) is 0.198. The van der Waals surface area contributed by atoms with Crippen molar-refractivity contribution in [1.82, 2.24) is 0 Å². The predicted octanol–water partition coefficient (Wildman–Crippen LogP) is -0.936. The van der Waals surface area contributed by atoms with Gasteiger partial charge in [0.05, 0.1) is 0 Å². The summed E-state index contributed by atoms with van der Waals surface area (Å²) in [5, 5.41) is 0. The first-order chi connectivity index (χ1) is 3.21. The van der Waals surface area contributed by atoms with Gasteiger partial charge in [-0.05, 0) is 0 Å². The molecule has 42 valence electrons. The fourth-order valence-corrected chi connectivity index (χ4v) is 1.78. The zero-order valence-corrected chi connectivity index (χ0v) is 5.54. The van der Waals surface area contributed by atoms with Crippen LogP contribution in [0.25, 0.3) is 0 Å². The second-order valence-corrected chi connectivity index (χ2v) is 3.50. The van der Waals surface area contributed by atoms with Crippen molar-refractivity contribution in [3.63, 3.8) is 0 Å². The van der Waals surface area contributed by atoms with E-state index >= 15 is 0 Å². The van der Waals surface area contributed by atoms with Crippen LogP contribution in [0.5, 0.6) is 0 Å². The largest absolute Gasteiger partial charge is 0.490 e. The predicted molar refractivity (Wildman–Crippen MR) is 21.6 cm³/mol. The van der Waals surface area contributed by atoms with Crippen LogP contribution in [0, 0.1) is 0 Å². The van der Waals surface area contributed by atoms with Crippen LogP contribution in [-0.4, -0.2) is 14.9 Å². The molecular formula is H3O5PSi. The molecule has 1 heterocycles. The van der Waals surface area contributed by atoms with E-state index in [0.717, 1.165) is 0 Å². The van der Waals surface area contributed by atoms with Gasteiger partial charge in [0.2, 0.25) is 0 Å². The topological polar surface area (TPSA) is 65.0 Å². The quantitative estimate of drug-likeness (QED) is 0.269. The minimum absolute atomic E-state index is 1.30. The molecule has 1 N–H and O–H groups in total. The fraction of sp³-hybridized carbons (Fsp3) is 0. The van der Waals surface area contributed by atoms with Crippen molar-refractivity contribution in [2.75, 3.05) is 0 Å². The number of rotatable bonds is 0. The Morgan fingerprint density at radius 3 is 2.57 bits per heavy atom. The van der Waals surface area contributed by atoms with E-state index < -0.39 is 17.8 Å². The number of hydrogen-bond acceptors (Lipinski definition) is 4. The lowest BCUT2D eigenvalue weighted by Gasteiger charge is -1.91. The smallest absolute Gasteiger partial charge is 0.304 e. The number of phosphoric acid groups is 1. The van der Waals surface area contributed by atoms with Gasteiger partial charge in [0.1, 0.15) is 0 Å². The summed E-state index contributed by atoms with van der Waals surface area (Å²) in [6, 6.07) is 0. The standard InChI is InChI=1S/H3O5PSi/c1-6(2)3-4-7-5-6/h7H2,(H,1,2). The molecule has 0 spiro atoms. The lowest BCUT2D eigenvalue weighted by molar-refractivity contribution is -0.0949. The molecule has 5 nitrogen and oxygen atoms in total. The summed E-state index contributed by atoms with van der Waals surface area (Å²) < 4.78 is 22.0. The monoisotopic (exact) mass is 142 g/mol. The van der Waals surface area contributed by atoms with Crippen LogP contribution in [0.2, 0.25) is 0 Å². The van der Waals surface area contributed by atoms with Crippen LogP contribution in [-0.2, 0) is 18.0 Å². The molecule has 0 amide bonds. The molecule has 1 fully saturated rings. The normalized spacial score (nSPS) is 45.3. The molecule has 1 aliphatic rings. The highest BCUT2D eigenvalue weighted by molar-refractivity contribution is 7.48. The van der Waals surface area contributed by atoms with E-state index in [1.807, 2.05) is 0 Å². The van der Waals surface area contributed by atoms with Crippen molar-refractivity contribution in [3.05, 3.63) is 0 Å². The molecule has 1 saturated heterocycles. The minimum Gasteiger partial charge on any atom is -0.304 e. The van der Waals surface area contributed by atoms with Gasteiger partial charge in [0, 0.05) is 0 Å².